The average molecular weight is 475 g/mol. The first kappa shape index (κ1) is 22.3. The fourth-order valence-electron chi connectivity index (χ4n) is 3.88. The van der Waals surface area contributed by atoms with Crippen LogP contribution >= 0.6 is 11.8 Å². The van der Waals surface area contributed by atoms with Crippen LogP contribution in [-0.4, -0.2) is 59.0 Å². The molecule has 2 aliphatic rings. The van der Waals surface area contributed by atoms with Gasteiger partial charge in [0.1, 0.15) is 17.5 Å². The summed E-state index contributed by atoms with van der Waals surface area (Å²) in [5, 5.41) is 5.10. The number of carbonyl (C=O) groups excluding carboxylic acids is 1. The molecule has 2 aromatic heterocycles. The van der Waals surface area contributed by atoms with Gasteiger partial charge < -0.3 is 15.1 Å². The largest absolute Gasteiger partial charge is 0.354 e. The number of halogens is 1. The molecule has 0 unspecified atom stereocenters. The third-order valence-electron chi connectivity index (χ3n) is 5.82. The number of hydrogen-bond donors (Lipinski definition) is 1. The van der Waals surface area contributed by atoms with Crippen LogP contribution in [0.1, 0.15) is 22.8 Å². The summed E-state index contributed by atoms with van der Waals surface area (Å²) in [5.41, 5.74) is 3.95. The summed E-state index contributed by atoms with van der Waals surface area (Å²) in [6.45, 7) is 5.52. The minimum Gasteiger partial charge on any atom is -0.354 e. The topological polar surface area (TPSA) is 73.7 Å². The molecule has 34 heavy (non-hydrogen) atoms. The maximum absolute atomic E-state index is 14.7. The average Bonchev–Trinajstić information content (AvgIpc) is 2.84. The van der Waals surface area contributed by atoms with E-state index in [0.29, 0.717) is 27.2 Å². The van der Waals surface area contributed by atoms with Crippen molar-refractivity contribution >= 4 is 50.0 Å². The number of hydrogen-bond acceptors (Lipinski definition) is 7. The number of thioether (sulfide) groups is 1. The lowest BCUT2D eigenvalue weighted by Crippen LogP contribution is -2.44. The lowest BCUT2D eigenvalue weighted by atomic mass is 10.1. The van der Waals surface area contributed by atoms with Crippen molar-refractivity contribution in [3.05, 3.63) is 71.6 Å². The van der Waals surface area contributed by atoms with Gasteiger partial charge in [0.2, 0.25) is 0 Å². The number of rotatable bonds is 4. The van der Waals surface area contributed by atoms with Crippen LogP contribution in [0.3, 0.4) is 0 Å². The molecule has 0 bridgehead atoms. The molecular weight excluding hydrogens is 451 g/mol. The predicted molar refractivity (Wildman–Crippen MR) is 136 cm³/mol. The number of piperazine rings is 1. The Morgan fingerprint density at radius 1 is 1.12 bits per heavy atom. The number of anilines is 2. The summed E-state index contributed by atoms with van der Waals surface area (Å²) < 4.78 is 14.7. The number of carbonyl (C=O) groups is 1. The number of nitrogens with one attached hydrogen (secondary N) is 1. The van der Waals surface area contributed by atoms with Gasteiger partial charge in [-0.15, -0.1) is 0 Å². The van der Waals surface area contributed by atoms with Crippen LogP contribution in [0.4, 0.5) is 16.0 Å². The fourth-order valence-corrected chi connectivity index (χ4v) is 4.66. The number of amides is 1. The number of likely N-dealkylation sites (N-methyl/N-ethyl adjacent to an activating group) is 1. The van der Waals surface area contributed by atoms with Crippen molar-refractivity contribution in [2.24, 2.45) is 4.99 Å². The summed E-state index contributed by atoms with van der Waals surface area (Å²) in [5.74, 6) is 0.564. The molecular formula is C25H23FN6OS. The summed E-state index contributed by atoms with van der Waals surface area (Å²) in [4.78, 5) is 31.0. The maximum atomic E-state index is 14.7. The van der Waals surface area contributed by atoms with Crippen LogP contribution < -0.4 is 10.2 Å². The number of pyridine rings is 2. The molecule has 1 fully saturated rings. The summed E-state index contributed by atoms with van der Waals surface area (Å²) >= 11 is 1.37. The van der Waals surface area contributed by atoms with Crippen molar-refractivity contribution in [2.75, 3.05) is 43.4 Å². The molecule has 0 atom stereocenters. The monoisotopic (exact) mass is 474 g/mol. The van der Waals surface area contributed by atoms with E-state index in [9.17, 15) is 9.18 Å². The zero-order valence-corrected chi connectivity index (χ0v) is 19.7. The number of benzene rings is 1. The highest BCUT2D eigenvalue weighted by atomic mass is 32.2. The van der Waals surface area contributed by atoms with Gasteiger partial charge in [-0.05, 0) is 49.7 Å². The van der Waals surface area contributed by atoms with Crippen molar-refractivity contribution in [3.63, 3.8) is 0 Å². The zero-order valence-electron chi connectivity index (χ0n) is 18.9. The van der Waals surface area contributed by atoms with Crippen molar-refractivity contribution in [2.45, 2.75) is 6.92 Å². The second kappa shape index (κ2) is 9.38. The molecule has 0 spiro atoms. The van der Waals surface area contributed by atoms with E-state index in [1.165, 1.54) is 17.8 Å². The van der Waals surface area contributed by atoms with Gasteiger partial charge in [0.25, 0.3) is 5.91 Å². The lowest BCUT2D eigenvalue weighted by Gasteiger charge is -2.33. The van der Waals surface area contributed by atoms with Crippen LogP contribution in [-0.2, 0) is 0 Å². The second-order valence-electron chi connectivity index (χ2n) is 8.25. The van der Waals surface area contributed by atoms with E-state index in [4.69, 9.17) is 0 Å². The van der Waals surface area contributed by atoms with Gasteiger partial charge in [0, 0.05) is 55.1 Å². The Bertz CT molecular complexity index is 1370. The quantitative estimate of drug-likeness (QED) is 0.566. The predicted octanol–water partition coefficient (Wildman–Crippen LogP) is 4.39. The van der Waals surface area contributed by atoms with Crippen molar-refractivity contribution < 1.29 is 9.18 Å². The minimum atomic E-state index is -0.350. The molecule has 172 valence electrons. The molecule has 5 rings (SSSR count). The summed E-state index contributed by atoms with van der Waals surface area (Å²) in [6, 6.07) is 8.44. The molecule has 3 aromatic rings. The smallest absolute Gasteiger partial charge is 0.257 e. The van der Waals surface area contributed by atoms with Crippen LogP contribution in [0.5, 0.6) is 0 Å². The molecule has 0 aliphatic carbocycles. The Labute approximate surface area is 201 Å². The molecule has 1 N–H and O–H groups in total. The Balaban J connectivity index is 1.38. The van der Waals surface area contributed by atoms with E-state index < -0.39 is 0 Å². The highest BCUT2D eigenvalue weighted by Gasteiger charge is 2.18. The molecule has 7 nitrogen and oxygen atoms in total. The Morgan fingerprint density at radius 3 is 2.74 bits per heavy atom. The van der Waals surface area contributed by atoms with E-state index in [1.54, 1.807) is 42.9 Å². The Kier molecular flexibility index (Phi) is 6.15. The number of fused-ring (bicyclic) bond motifs is 1. The van der Waals surface area contributed by atoms with E-state index in [1.807, 2.05) is 6.92 Å². The number of aliphatic imine (C=N–C) groups is 1. The summed E-state index contributed by atoms with van der Waals surface area (Å²) in [6.07, 6.45) is 4.76. The van der Waals surface area contributed by atoms with Crippen LogP contribution in [0.2, 0.25) is 0 Å². The molecule has 2 aliphatic heterocycles. The van der Waals surface area contributed by atoms with Crippen molar-refractivity contribution in [1.82, 2.24) is 14.9 Å². The van der Waals surface area contributed by atoms with Gasteiger partial charge in [0.15, 0.2) is 0 Å². The molecule has 0 radical (unpaired) electrons. The van der Waals surface area contributed by atoms with E-state index >= 15 is 0 Å². The van der Waals surface area contributed by atoms with Gasteiger partial charge in [0.05, 0.1) is 16.1 Å². The molecule has 1 aromatic carbocycles. The third-order valence-corrected chi connectivity index (χ3v) is 6.76. The zero-order chi connectivity index (χ0) is 23.7. The maximum Gasteiger partial charge on any atom is 0.257 e. The first-order chi connectivity index (χ1) is 16.5. The standard InChI is InChI=1S/C25H23FN6OS/c1-16-27-6-4-22(34-16)20-11-18-13-23(29-15-19(18)12-21(20)26)30-25(33)17-3-5-28-24(14-17)32-9-7-31(2)8-10-32/h3,5-6,11-15H,7-10H2,1-2H3,(H,29,30,33). The van der Waals surface area contributed by atoms with E-state index in [2.05, 4.69) is 42.9 Å². The lowest BCUT2D eigenvalue weighted by molar-refractivity contribution is 0.102. The number of nitrogens with zero attached hydrogens (tertiary/aromatic N) is 5. The van der Waals surface area contributed by atoms with Crippen LogP contribution in [0, 0.1) is 5.82 Å². The summed E-state index contributed by atoms with van der Waals surface area (Å²) in [7, 11) is 2.10. The van der Waals surface area contributed by atoms with Crippen LogP contribution in [0.15, 0.2) is 59.6 Å². The highest BCUT2D eigenvalue weighted by molar-refractivity contribution is 8.21. The molecule has 0 saturated carbocycles. The van der Waals surface area contributed by atoms with Gasteiger partial charge in [-0.25, -0.2) is 19.4 Å². The first-order valence-corrected chi connectivity index (χ1v) is 11.8. The molecule has 1 amide bonds. The van der Waals surface area contributed by atoms with Gasteiger partial charge >= 0.3 is 0 Å². The third kappa shape index (κ3) is 4.72. The highest BCUT2D eigenvalue weighted by Crippen LogP contribution is 2.34. The van der Waals surface area contributed by atoms with Gasteiger partial charge in [-0.2, -0.15) is 0 Å². The number of aromatic nitrogens is 2. The first-order valence-electron chi connectivity index (χ1n) is 10.9. The molecule has 4 heterocycles. The van der Waals surface area contributed by atoms with E-state index in [0.717, 1.165) is 42.4 Å². The Hall–Kier alpha value is -3.52. The normalized spacial score (nSPS) is 16.4. The van der Waals surface area contributed by atoms with Gasteiger partial charge in [-0.1, -0.05) is 17.5 Å². The SMILES string of the molecule is CC1=NC=C=C(c2cc3cc(NC(=O)c4ccnc(N5CCN(C)CC5)c4)ncc3cc2F)S1. The van der Waals surface area contributed by atoms with Crippen LogP contribution in [0.25, 0.3) is 15.7 Å². The molecule has 9 heteroatoms. The van der Waals surface area contributed by atoms with Crippen molar-refractivity contribution in [3.8, 4) is 0 Å². The molecule has 1 saturated heterocycles. The van der Waals surface area contributed by atoms with Gasteiger partial charge in [-0.3, -0.25) is 4.79 Å². The fraction of sp³-hybridized carbons (Fsp3) is 0.240. The second-order valence-corrected chi connectivity index (χ2v) is 9.45. The minimum absolute atomic E-state index is 0.271. The van der Waals surface area contributed by atoms with Crippen molar-refractivity contribution in [1.29, 1.82) is 0 Å². The van der Waals surface area contributed by atoms with E-state index in [-0.39, 0.29) is 11.7 Å². The Morgan fingerprint density at radius 2 is 1.94 bits per heavy atom.